The lowest BCUT2D eigenvalue weighted by atomic mass is 10.1. The van der Waals surface area contributed by atoms with Gasteiger partial charge < -0.3 is 14.8 Å². The van der Waals surface area contributed by atoms with Gasteiger partial charge in [0.05, 0.1) is 29.3 Å². The first-order valence-corrected chi connectivity index (χ1v) is 10.2. The third kappa shape index (κ3) is 4.16. The molecule has 1 saturated heterocycles. The van der Waals surface area contributed by atoms with Crippen molar-refractivity contribution in [2.45, 2.75) is 32.4 Å². The van der Waals surface area contributed by atoms with Gasteiger partial charge >= 0.3 is 0 Å². The standard InChI is InChI=1S/C23H26N4O2/c1-17(18-8-3-2-4-9-18)27-15-19(14-22(27)28)23(29)24-12-7-13-26-16-25-20-10-5-6-11-21(20)26/h2-6,8-11,16-17,19H,7,12-15H2,1H3,(H,24,29)/t17-,19+/m0/s1. The van der Waals surface area contributed by atoms with Crippen LogP contribution < -0.4 is 5.32 Å². The van der Waals surface area contributed by atoms with Crippen LogP contribution in [0.2, 0.25) is 0 Å². The number of carbonyl (C=O) groups is 2. The first kappa shape index (κ1) is 19.2. The number of likely N-dealkylation sites (tertiary alicyclic amines) is 1. The molecule has 4 rings (SSSR count). The van der Waals surface area contributed by atoms with Gasteiger partial charge in [-0.2, -0.15) is 0 Å². The minimum atomic E-state index is -0.275. The Morgan fingerprint density at radius 3 is 2.76 bits per heavy atom. The van der Waals surface area contributed by atoms with E-state index < -0.39 is 0 Å². The Hall–Kier alpha value is -3.15. The van der Waals surface area contributed by atoms with Gasteiger partial charge in [0.2, 0.25) is 11.8 Å². The average molecular weight is 390 g/mol. The number of hydrogen-bond acceptors (Lipinski definition) is 3. The minimum absolute atomic E-state index is 0.0176. The summed E-state index contributed by atoms with van der Waals surface area (Å²) in [4.78, 5) is 31.2. The number of fused-ring (bicyclic) bond motifs is 1. The molecule has 6 heteroatoms. The quantitative estimate of drug-likeness (QED) is 0.630. The van der Waals surface area contributed by atoms with Crippen molar-refractivity contribution in [2.75, 3.05) is 13.1 Å². The van der Waals surface area contributed by atoms with Crippen LogP contribution in [0.3, 0.4) is 0 Å². The number of imidazole rings is 1. The molecule has 2 aromatic carbocycles. The maximum absolute atomic E-state index is 12.6. The number of nitrogens with zero attached hydrogens (tertiary/aromatic N) is 3. The Balaban J connectivity index is 1.26. The number of benzene rings is 2. The molecule has 2 amide bonds. The molecule has 0 spiro atoms. The van der Waals surface area contributed by atoms with E-state index in [-0.39, 0.29) is 30.2 Å². The van der Waals surface area contributed by atoms with Crippen molar-refractivity contribution < 1.29 is 9.59 Å². The molecule has 0 radical (unpaired) electrons. The van der Waals surface area contributed by atoms with Crippen molar-refractivity contribution in [3.8, 4) is 0 Å². The molecule has 1 aliphatic heterocycles. The SMILES string of the molecule is C[C@@H](c1ccccc1)N1C[C@H](C(=O)NCCCn2cnc3ccccc32)CC1=O. The number of carbonyl (C=O) groups excluding carboxylic acids is 2. The Labute approximate surface area is 170 Å². The third-order valence-corrected chi connectivity index (χ3v) is 5.68. The van der Waals surface area contributed by atoms with Crippen LogP contribution in [0.5, 0.6) is 0 Å². The van der Waals surface area contributed by atoms with E-state index in [9.17, 15) is 9.59 Å². The molecule has 2 heterocycles. The summed E-state index contributed by atoms with van der Waals surface area (Å²) in [5.41, 5.74) is 3.17. The molecule has 1 fully saturated rings. The Morgan fingerprint density at radius 1 is 1.17 bits per heavy atom. The van der Waals surface area contributed by atoms with E-state index in [1.54, 1.807) is 0 Å². The van der Waals surface area contributed by atoms with Gasteiger partial charge in [-0.15, -0.1) is 0 Å². The van der Waals surface area contributed by atoms with Crippen molar-refractivity contribution in [2.24, 2.45) is 5.92 Å². The van der Waals surface area contributed by atoms with E-state index in [2.05, 4.69) is 14.9 Å². The minimum Gasteiger partial charge on any atom is -0.356 e. The highest BCUT2D eigenvalue weighted by molar-refractivity contribution is 5.89. The molecule has 3 aromatic rings. The van der Waals surface area contributed by atoms with Gasteiger partial charge in [0.15, 0.2) is 0 Å². The van der Waals surface area contributed by atoms with E-state index >= 15 is 0 Å². The summed E-state index contributed by atoms with van der Waals surface area (Å²) < 4.78 is 2.10. The number of hydrogen-bond donors (Lipinski definition) is 1. The molecule has 150 valence electrons. The number of rotatable bonds is 7. The van der Waals surface area contributed by atoms with Crippen LogP contribution in [-0.2, 0) is 16.1 Å². The zero-order chi connectivity index (χ0) is 20.2. The molecule has 0 saturated carbocycles. The monoisotopic (exact) mass is 390 g/mol. The highest BCUT2D eigenvalue weighted by atomic mass is 16.2. The fourth-order valence-corrected chi connectivity index (χ4v) is 3.99. The molecule has 0 aliphatic carbocycles. The summed E-state index contributed by atoms with van der Waals surface area (Å²) in [7, 11) is 0. The van der Waals surface area contributed by atoms with E-state index in [0.29, 0.717) is 13.1 Å². The van der Waals surface area contributed by atoms with E-state index in [0.717, 1.165) is 29.6 Å². The third-order valence-electron chi connectivity index (χ3n) is 5.68. The molecule has 1 aliphatic rings. The van der Waals surface area contributed by atoms with Crippen LogP contribution in [-0.4, -0.2) is 39.4 Å². The fourth-order valence-electron chi connectivity index (χ4n) is 3.99. The number of aromatic nitrogens is 2. The normalized spacial score (nSPS) is 17.6. The maximum Gasteiger partial charge on any atom is 0.225 e. The van der Waals surface area contributed by atoms with E-state index in [4.69, 9.17) is 0 Å². The highest BCUT2D eigenvalue weighted by Crippen LogP contribution is 2.28. The molecule has 6 nitrogen and oxygen atoms in total. The molecular formula is C23H26N4O2. The van der Waals surface area contributed by atoms with Gasteiger partial charge in [-0.05, 0) is 31.0 Å². The maximum atomic E-state index is 12.6. The lowest BCUT2D eigenvalue weighted by Crippen LogP contribution is -2.34. The van der Waals surface area contributed by atoms with Gasteiger partial charge in [-0.25, -0.2) is 4.98 Å². The summed E-state index contributed by atoms with van der Waals surface area (Å²) in [6.07, 6.45) is 2.94. The van der Waals surface area contributed by atoms with Crippen molar-refractivity contribution in [1.29, 1.82) is 0 Å². The highest BCUT2D eigenvalue weighted by Gasteiger charge is 2.36. The molecule has 1 aromatic heterocycles. The van der Waals surface area contributed by atoms with Crippen molar-refractivity contribution in [1.82, 2.24) is 19.8 Å². The van der Waals surface area contributed by atoms with Crippen LogP contribution in [0, 0.1) is 5.92 Å². The van der Waals surface area contributed by atoms with Gasteiger partial charge in [-0.3, -0.25) is 9.59 Å². The second kappa shape index (κ2) is 8.47. The van der Waals surface area contributed by atoms with Gasteiger partial charge in [0.25, 0.3) is 0 Å². The van der Waals surface area contributed by atoms with Gasteiger partial charge in [0.1, 0.15) is 0 Å². The number of nitrogens with one attached hydrogen (secondary N) is 1. The first-order valence-electron chi connectivity index (χ1n) is 10.2. The number of amides is 2. The number of aryl methyl sites for hydroxylation is 1. The topological polar surface area (TPSA) is 67.2 Å². The number of para-hydroxylation sites is 2. The average Bonchev–Trinajstić information content (AvgIpc) is 3.35. The van der Waals surface area contributed by atoms with Crippen molar-refractivity contribution >= 4 is 22.8 Å². The summed E-state index contributed by atoms with van der Waals surface area (Å²) in [6.45, 7) is 3.88. The Morgan fingerprint density at radius 2 is 1.93 bits per heavy atom. The Kier molecular flexibility index (Phi) is 5.60. The second-order valence-corrected chi connectivity index (χ2v) is 7.61. The van der Waals surface area contributed by atoms with Crippen LogP contribution in [0.1, 0.15) is 31.4 Å². The molecule has 1 N–H and O–H groups in total. The molecule has 0 bridgehead atoms. The largest absolute Gasteiger partial charge is 0.356 e. The second-order valence-electron chi connectivity index (χ2n) is 7.61. The lowest BCUT2D eigenvalue weighted by Gasteiger charge is -2.25. The Bertz CT molecular complexity index is 998. The predicted octanol–water partition coefficient (Wildman–Crippen LogP) is 3.15. The van der Waals surface area contributed by atoms with Crippen LogP contribution in [0.15, 0.2) is 60.9 Å². The molecule has 0 unspecified atom stereocenters. The predicted molar refractivity (Wildman–Crippen MR) is 112 cm³/mol. The summed E-state index contributed by atoms with van der Waals surface area (Å²) >= 11 is 0. The molecular weight excluding hydrogens is 364 g/mol. The van der Waals surface area contributed by atoms with Crippen molar-refractivity contribution in [3.05, 3.63) is 66.5 Å². The lowest BCUT2D eigenvalue weighted by molar-refractivity contribution is -0.130. The van der Waals surface area contributed by atoms with E-state index in [1.165, 1.54) is 0 Å². The molecule has 29 heavy (non-hydrogen) atoms. The zero-order valence-corrected chi connectivity index (χ0v) is 16.6. The summed E-state index contributed by atoms with van der Waals surface area (Å²) in [6, 6.07) is 17.9. The van der Waals surface area contributed by atoms with Crippen LogP contribution >= 0.6 is 0 Å². The van der Waals surface area contributed by atoms with Crippen molar-refractivity contribution in [3.63, 3.8) is 0 Å². The molecule has 2 atom stereocenters. The zero-order valence-electron chi connectivity index (χ0n) is 16.6. The van der Waals surface area contributed by atoms with Crippen LogP contribution in [0.25, 0.3) is 11.0 Å². The summed E-state index contributed by atoms with van der Waals surface area (Å²) in [5.74, 6) is -0.259. The smallest absolute Gasteiger partial charge is 0.225 e. The fraction of sp³-hybridized carbons (Fsp3) is 0.348. The van der Waals surface area contributed by atoms with Gasteiger partial charge in [-0.1, -0.05) is 42.5 Å². The first-order chi connectivity index (χ1) is 14.1. The van der Waals surface area contributed by atoms with Gasteiger partial charge in [0, 0.05) is 26.1 Å². The summed E-state index contributed by atoms with van der Waals surface area (Å²) in [5, 5.41) is 3.00. The van der Waals surface area contributed by atoms with Crippen LogP contribution in [0.4, 0.5) is 0 Å². The van der Waals surface area contributed by atoms with E-state index in [1.807, 2.05) is 72.7 Å².